The molecule has 78 valence electrons. The van der Waals surface area contributed by atoms with Gasteiger partial charge in [-0.1, -0.05) is 29.8 Å². The van der Waals surface area contributed by atoms with Gasteiger partial charge >= 0.3 is 0 Å². The first-order valence-corrected chi connectivity index (χ1v) is 5.23. The van der Waals surface area contributed by atoms with Gasteiger partial charge in [0.15, 0.2) is 0 Å². The maximum Gasteiger partial charge on any atom is 0.113 e. The van der Waals surface area contributed by atoms with Crippen LogP contribution in [0.2, 0.25) is 5.02 Å². The fraction of sp³-hybridized carbons (Fsp3) is 0.273. The molecular weight excluding hydrogens is 210 g/mol. The van der Waals surface area contributed by atoms with Crippen molar-refractivity contribution in [1.82, 2.24) is 15.0 Å². The Kier molecular flexibility index (Phi) is 2.73. The summed E-state index contributed by atoms with van der Waals surface area (Å²) < 4.78 is 1.70. The van der Waals surface area contributed by atoms with E-state index in [1.54, 1.807) is 4.68 Å². The van der Waals surface area contributed by atoms with Crippen LogP contribution >= 0.6 is 11.6 Å². The van der Waals surface area contributed by atoms with E-state index in [2.05, 4.69) is 17.2 Å². The Morgan fingerprint density at radius 3 is 2.80 bits per heavy atom. The molecule has 3 nitrogen and oxygen atoms in total. The highest BCUT2D eigenvalue weighted by molar-refractivity contribution is 6.30. The third-order valence-electron chi connectivity index (χ3n) is 2.33. The molecule has 0 bridgehead atoms. The van der Waals surface area contributed by atoms with Crippen LogP contribution in [0.3, 0.4) is 0 Å². The van der Waals surface area contributed by atoms with E-state index >= 15 is 0 Å². The van der Waals surface area contributed by atoms with Crippen molar-refractivity contribution in [2.45, 2.75) is 13.3 Å². The molecule has 0 aliphatic heterocycles. The Labute approximate surface area is 93.7 Å². The van der Waals surface area contributed by atoms with Gasteiger partial charge in [-0.25, -0.2) is 0 Å². The maximum atomic E-state index is 5.95. The molecule has 0 saturated heterocycles. The van der Waals surface area contributed by atoms with Gasteiger partial charge < -0.3 is 0 Å². The van der Waals surface area contributed by atoms with Crippen LogP contribution in [0.4, 0.5) is 0 Å². The van der Waals surface area contributed by atoms with Crippen LogP contribution in [0.5, 0.6) is 0 Å². The number of hydrogen-bond acceptors (Lipinski definition) is 2. The van der Waals surface area contributed by atoms with Gasteiger partial charge in [0.2, 0.25) is 0 Å². The van der Waals surface area contributed by atoms with Crippen molar-refractivity contribution in [3.05, 3.63) is 35.0 Å². The Morgan fingerprint density at radius 2 is 2.20 bits per heavy atom. The van der Waals surface area contributed by atoms with Gasteiger partial charge in [0, 0.05) is 17.6 Å². The van der Waals surface area contributed by atoms with Crippen molar-refractivity contribution in [3.8, 4) is 11.3 Å². The summed E-state index contributed by atoms with van der Waals surface area (Å²) in [5, 5.41) is 8.78. The fourth-order valence-electron chi connectivity index (χ4n) is 1.58. The zero-order chi connectivity index (χ0) is 10.8. The van der Waals surface area contributed by atoms with Crippen molar-refractivity contribution in [1.29, 1.82) is 0 Å². The first-order valence-electron chi connectivity index (χ1n) is 4.86. The minimum absolute atomic E-state index is 0.763. The molecule has 0 unspecified atom stereocenters. The number of halogens is 1. The summed E-state index contributed by atoms with van der Waals surface area (Å²) in [6, 6.07) is 5.85. The molecule has 0 radical (unpaired) electrons. The Bertz CT molecular complexity index is 476. The summed E-state index contributed by atoms with van der Waals surface area (Å²) in [7, 11) is 1.86. The number of nitrogens with zero attached hydrogens (tertiary/aromatic N) is 3. The van der Waals surface area contributed by atoms with Gasteiger partial charge in [-0.05, 0) is 24.1 Å². The Hall–Kier alpha value is -1.35. The van der Waals surface area contributed by atoms with Crippen LogP contribution in [-0.4, -0.2) is 15.0 Å². The van der Waals surface area contributed by atoms with E-state index in [4.69, 9.17) is 11.6 Å². The van der Waals surface area contributed by atoms with Crippen molar-refractivity contribution in [2.75, 3.05) is 0 Å². The van der Waals surface area contributed by atoms with E-state index < -0.39 is 0 Å². The summed E-state index contributed by atoms with van der Waals surface area (Å²) in [6.45, 7) is 2.10. The normalized spacial score (nSPS) is 10.6. The topological polar surface area (TPSA) is 30.7 Å². The van der Waals surface area contributed by atoms with Crippen LogP contribution in [0, 0.1) is 0 Å². The van der Waals surface area contributed by atoms with E-state index in [9.17, 15) is 0 Å². The number of hydrogen-bond donors (Lipinski definition) is 0. The second-order valence-corrected chi connectivity index (χ2v) is 3.87. The number of rotatable bonds is 2. The molecule has 2 aromatic rings. The predicted octanol–water partition coefficient (Wildman–Crippen LogP) is 2.70. The van der Waals surface area contributed by atoms with E-state index in [1.807, 2.05) is 31.4 Å². The number of aryl methyl sites for hydroxylation is 2. The monoisotopic (exact) mass is 221 g/mol. The van der Waals surface area contributed by atoms with Gasteiger partial charge in [-0.2, -0.15) is 0 Å². The van der Waals surface area contributed by atoms with E-state index in [0.29, 0.717) is 0 Å². The third-order valence-corrected chi connectivity index (χ3v) is 2.56. The van der Waals surface area contributed by atoms with Crippen LogP contribution in [0.25, 0.3) is 11.3 Å². The lowest BCUT2D eigenvalue weighted by Crippen LogP contribution is -1.87. The fourth-order valence-corrected chi connectivity index (χ4v) is 1.77. The average Bonchev–Trinajstić information content (AvgIpc) is 2.64. The molecule has 0 N–H and O–H groups in total. The number of benzene rings is 1. The number of aromatic nitrogens is 3. The highest BCUT2D eigenvalue weighted by Crippen LogP contribution is 2.24. The van der Waals surface area contributed by atoms with Crippen LogP contribution < -0.4 is 0 Å². The standard InChI is InChI=1S/C11H12ClN3/c1-3-8-6-9(12)4-5-10(8)11-7-15(2)14-13-11/h4-7H,3H2,1-2H3. The first-order chi connectivity index (χ1) is 7.20. The smallest absolute Gasteiger partial charge is 0.113 e. The Morgan fingerprint density at radius 1 is 1.40 bits per heavy atom. The molecule has 15 heavy (non-hydrogen) atoms. The second-order valence-electron chi connectivity index (χ2n) is 3.43. The molecule has 0 fully saturated rings. The van der Waals surface area contributed by atoms with Crippen LogP contribution in [-0.2, 0) is 13.5 Å². The Balaban J connectivity index is 2.52. The summed E-state index contributed by atoms with van der Waals surface area (Å²) in [4.78, 5) is 0. The molecule has 0 spiro atoms. The van der Waals surface area contributed by atoms with Crippen molar-refractivity contribution in [3.63, 3.8) is 0 Å². The van der Waals surface area contributed by atoms with Gasteiger partial charge in [0.25, 0.3) is 0 Å². The third kappa shape index (κ3) is 2.02. The van der Waals surface area contributed by atoms with E-state index in [1.165, 1.54) is 5.56 Å². The summed E-state index contributed by atoms with van der Waals surface area (Å²) in [6.07, 6.45) is 2.84. The predicted molar refractivity (Wildman–Crippen MR) is 60.8 cm³/mol. The molecule has 0 aliphatic rings. The second kappa shape index (κ2) is 4.03. The molecule has 1 aromatic carbocycles. The highest BCUT2D eigenvalue weighted by Gasteiger charge is 2.07. The molecule has 1 aromatic heterocycles. The molecule has 0 saturated carbocycles. The average molecular weight is 222 g/mol. The first kappa shape index (κ1) is 10.2. The molecule has 4 heteroatoms. The van der Waals surface area contributed by atoms with Gasteiger partial charge in [-0.15, -0.1) is 5.10 Å². The summed E-state index contributed by atoms with van der Waals surface area (Å²) in [5.41, 5.74) is 3.20. The quantitative estimate of drug-likeness (QED) is 0.781. The van der Waals surface area contributed by atoms with Crippen molar-refractivity contribution >= 4 is 11.6 Å². The molecular formula is C11H12ClN3. The minimum atomic E-state index is 0.763. The van der Waals surface area contributed by atoms with E-state index in [0.717, 1.165) is 22.7 Å². The van der Waals surface area contributed by atoms with Gasteiger partial charge in [0.1, 0.15) is 5.69 Å². The zero-order valence-electron chi connectivity index (χ0n) is 8.74. The van der Waals surface area contributed by atoms with Gasteiger partial charge in [0.05, 0.1) is 6.20 Å². The zero-order valence-corrected chi connectivity index (χ0v) is 9.49. The SMILES string of the molecule is CCc1cc(Cl)ccc1-c1cn(C)nn1. The lowest BCUT2D eigenvalue weighted by atomic mass is 10.0. The molecule has 0 atom stereocenters. The molecule has 0 aliphatic carbocycles. The minimum Gasteiger partial charge on any atom is -0.255 e. The lowest BCUT2D eigenvalue weighted by molar-refractivity contribution is 0.715. The van der Waals surface area contributed by atoms with Crippen molar-refractivity contribution < 1.29 is 0 Å². The van der Waals surface area contributed by atoms with E-state index in [-0.39, 0.29) is 0 Å². The highest BCUT2D eigenvalue weighted by atomic mass is 35.5. The van der Waals surface area contributed by atoms with Crippen LogP contribution in [0.15, 0.2) is 24.4 Å². The summed E-state index contributed by atoms with van der Waals surface area (Å²) >= 11 is 5.95. The van der Waals surface area contributed by atoms with Crippen molar-refractivity contribution in [2.24, 2.45) is 7.05 Å². The van der Waals surface area contributed by atoms with Crippen LogP contribution in [0.1, 0.15) is 12.5 Å². The summed E-state index contributed by atoms with van der Waals surface area (Å²) in [5.74, 6) is 0. The van der Waals surface area contributed by atoms with Gasteiger partial charge in [-0.3, -0.25) is 4.68 Å². The largest absolute Gasteiger partial charge is 0.255 e. The maximum absolute atomic E-state index is 5.95. The molecule has 2 rings (SSSR count). The molecule has 0 amide bonds. The lowest BCUT2D eigenvalue weighted by Gasteiger charge is -2.04. The molecule has 1 heterocycles.